The van der Waals surface area contributed by atoms with Crippen LogP contribution in [0, 0.1) is 0 Å². The minimum atomic E-state index is -2.01. The number of carbonyl (C=O) groups excluding carboxylic acids is 9. The minimum Gasteiger partial charge on any atom is -0.497 e. The Balaban J connectivity index is 1.19. The maximum atomic E-state index is 14.8. The first-order valence-corrected chi connectivity index (χ1v) is 31.9. The van der Waals surface area contributed by atoms with Gasteiger partial charge in [-0.25, -0.2) is 24.0 Å². The summed E-state index contributed by atoms with van der Waals surface area (Å²) in [6.45, 7) is 1.65. The summed E-state index contributed by atoms with van der Waals surface area (Å²) in [4.78, 5) is 124. The molecule has 9 rings (SSSR count). The molecule has 0 spiro atoms. The monoisotopic (exact) mass is 1420 g/mol. The second-order valence-corrected chi connectivity index (χ2v) is 22.9. The molecule has 3 saturated heterocycles. The standard InChI is InChI=1S/C73H76O29/c1-40(74)88-37-55-58(92-41(2)75)61(93-42(3)76)65(94-43(4)77)73(97-55)102-60-57(89-36-44-16-12-10-13-17-44)54(95-71(87-9)63(60)100-67(79)45-18-14-11-15-19-45)39-91-72-64(101-70(82)49-26-34-53(86-8)35-27-49)62(99-69(81)48-24-32-52(85-7)33-25-48)59(98-68(80)47-22-30-51(84-6)31-23-47)56(96-72)38-90-66(78)46-20-28-50(83-5)29-21-46/h10-35,54-65,71-73H,36-39H2,1-9H3/t54-,55-,56-,57-,58-,59-,60+,61+,62+,63-,64-,65-,71+,72-,73+/m1/s1. The molecule has 29 heteroatoms. The van der Waals surface area contributed by atoms with Crippen LogP contribution in [0.3, 0.4) is 0 Å². The van der Waals surface area contributed by atoms with Crippen molar-refractivity contribution in [2.75, 3.05) is 55.4 Å². The second kappa shape index (κ2) is 36.2. The number of methoxy groups -OCH3 is 5. The van der Waals surface area contributed by atoms with Crippen LogP contribution < -0.4 is 18.9 Å². The summed E-state index contributed by atoms with van der Waals surface area (Å²) in [6.07, 6.45) is -26.8. The molecule has 3 fully saturated rings. The highest BCUT2D eigenvalue weighted by molar-refractivity contribution is 5.92. The van der Waals surface area contributed by atoms with Gasteiger partial charge in [-0.3, -0.25) is 19.2 Å². The van der Waals surface area contributed by atoms with Gasteiger partial charge in [0.25, 0.3) is 0 Å². The average Bonchev–Trinajstić information content (AvgIpc) is 0.774. The maximum Gasteiger partial charge on any atom is 0.338 e. The molecule has 3 aliphatic heterocycles. The van der Waals surface area contributed by atoms with Gasteiger partial charge in [0.05, 0.1) is 69.5 Å². The van der Waals surface area contributed by atoms with E-state index in [1.165, 1.54) is 145 Å². The van der Waals surface area contributed by atoms with Gasteiger partial charge in [0.15, 0.2) is 61.6 Å². The van der Waals surface area contributed by atoms with Crippen molar-refractivity contribution in [1.29, 1.82) is 0 Å². The van der Waals surface area contributed by atoms with E-state index in [0.29, 0.717) is 28.6 Å². The lowest BCUT2D eigenvalue weighted by atomic mass is 9.95. The van der Waals surface area contributed by atoms with E-state index >= 15 is 0 Å². The second-order valence-electron chi connectivity index (χ2n) is 22.9. The highest BCUT2D eigenvalue weighted by Gasteiger charge is 2.59. The van der Waals surface area contributed by atoms with Crippen LogP contribution in [-0.4, -0.2) is 201 Å². The summed E-state index contributed by atoms with van der Waals surface area (Å²) in [7, 11) is 6.89. The van der Waals surface area contributed by atoms with Crippen LogP contribution in [0.25, 0.3) is 0 Å². The van der Waals surface area contributed by atoms with Gasteiger partial charge in [0.1, 0.15) is 66.7 Å². The number of benzene rings is 6. The van der Waals surface area contributed by atoms with Crippen molar-refractivity contribution >= 4 is 53.7 Å². The largest absolute Gasteiger partial charge is 0.497 e. The molecule has 6 aromatic carbocycles. The Morgan fingerprint density at radius 2 is 0.647 bits per heavy atom. The average molecular weight is 1420 g/mol. The summed E-state index contributed by atoms with van der Waals surface area (Å²) in [5.74, 6) is -7.21. The van der Waals surface area contributed by atoms with Gasteiger partial charge in [0, 0.05) is 34.8 Å². The fourth-order valence-corrected chi connectivity index (χ4v) is 11.1. The molecular weight excluding hydrogens is 1340 g/mol. The lowest BCUT2D eigenvalue weighted by Crippen LogP contribution is -2.67. The predicted molar refractivity (Wildman–Crippen MR) is 348 cm³/mol. The number of hydrogen-bond acceptors (Lipinski definition) is 29. The van der Waals surface area contributed by atoms with Crippen molar-refractivity contribution in [3.05, 3.63) is 191 Å². The SMILES string of the molecule is COc1ccc(C(=O)OC[C@H]2O[C@@H](OC[C@H]3O[C@H](OC)[C@H](OC(=O)c4ccccc4)[C@@H](O[C@@H]4O[C@H](COC(C)=O)[C@@H](OC(C)=O)[C@H](OC(C)=O)[C@H]4OC(C)=O)[C@@H]3OCc3ccccc3)[C@H](OC(=O)c3ccc(OC)cc3)[C@@H](OC(=O)c3ccc(OC)cc3)[C@@H]2OC(=O)c2ccc(OC)cc2)cc1. The molecule has 6 aromatic rings. The van der Waals surface area contributed by atoms with E-state index in [1.807, 2.05) is 0 Å². The number of hydrogen-bond donors (Lipinski definition) is 0. The Hall–Kier alpha value is -10.5. The summed E-state index contributed by atoms with van der Waals surface area (Å²) >= 11 is 0. The minimum absolute atomic E-state index is 0.0368. The molecule has 0 bridgehead atoms. The van der Waals surface area contributed by atoms with Crippen molar-refractivity contribution in [3.8, 4) is 23.0 Å². The predicted octanol–water partition coefficient (Wildman–Crippen LogP) is 6.95. The first kappa shape index (κ1) is 75.7. The third-order valence-electron chi connectivity index (χ3n) is 16.0. The highest BCUT2D eigenvalue weighted by atomic mass is 16.8. The Labute approximate surface area is 585 Å². The lowest BCUT2D eigenvalue weighted by Gasteiger charge is -2.49. The molecule has 0 amide bonds. The van der Waals surface area contributed by atoms with Gasteiger partial charge in [-0.2, -0.15) is 0 Å². The number of ether oxygens (including phenoxy) is 20. The van der Waals surface area contributed by atoms with E-state index in [1.54, 1.807) is 48.5 Å². The van der Waals surface area contributed by atoms with Gasteiger partial charge in [-0.05, 0) is 115 Å². The first-order chi connectivity index (χ1) is 49.2. The lowest BCUT2D eigenvalue weighted by molar-refractivity contribution is -0.367. The van der Waals surface area contributed by atoms with E-state index in [4.69, 9.17) is 94.7 Å². The molecule has 102 heavy (non-hydrogen) atoms. The van der Waals surface area contributed by atoms with E-state index in [-0.39, 0.29) is 34.4 Å². The van der Waals surface area contributed by atoms with Crippen molar-refractivity contribution in [2.24, 2.45) is 0 Å². The van der Waals surface area contributed by atoms with Crippen LogP contribution in [0.2, 0.25) is 0 Å². The van der Waals surface area contributed by atoms with Gasteiger partial charge >= 0.3 is 53.7 Å². The summed E-state index contributed by atoms with van der Waals surface area (Å²) in [5, 5.41) is 0. The van der Waals surface area contributed by atoms with Gasteiger partial charge in [-0.1, -0.05) is 48.5 Å². The Morgan fingerprint density at radius 3 is 1.10 bits per heavy atom. The van der Waals surface area contributed by atoms with Crippen molar-refractivity contribution in [1.82, 2.24) is 0 Å². The Morgan fingerprint density at radius 1 is 0.304 bits per heavy atom. The topological polar surface area (TPSA) is 338 Å². The third kappa shape index (κ3) is 19.9. The number of rotatable bonds is 29. The fourth-order valence-electron chi connectivity index (χ4n) is 11.1. The molecule has 15 atom stereocenters. The van der Waals surface area contributed by atoms with Crippen LogP contribution >= 0.6 is 0 Å². The smallest absolute Gasteiger partial charge is 0.338 e. The highest BCUT2D eigenvalue weighted by Crippen LogP contribution is 2.39. The van der Waals surface area contributed by atoms with E-state index in [2.05, 4.69) is 0 Å². The van der Waals surface area contributed by atoms with E-state index in [9.17, 15) is 43.2 Å². The van der Waals surface area contributed by atoms with Crippen LogP contribution in [0.15, 0.2) is 158 Å². The van der Waals surface area contributed by atoms with Crippen LogP contribution in [0.4, 0.5) is 0 Å². The van der Waals surface area contributed by atoms with E-state index in [0.717, 1.165) is 27.7 Å². The Kier molecular flexibility index (Phi) is 26.8. The third-order valence-corrected chi connectivity index (χ3v) is 16.0. The van der Waals surface area contributed by atoms with Gasteiger partial charge in [0.2, 0.25) is 0 Å². The molecular formula is C73H76O29. The number of esters is 9. The van der Waals surface area contributed by atoms with Gasteiger partial charge in [-0.15, -0.1) is 0 Å². The van der Waals surface area contributed by atoms with Crippen molar-refractivity contribution in [2.45, 2.75) is 126 Å². The summed E-state index contributed by atoms with van der Waals surface area (Å²) in [6, 6.07) is 39.5. The molecule has 3 aliphatic rings. The van der Waals surface area contributed by atoms with Crippen LogP contribution in [-0.2, 0) is 102 Å². The summed E-state index contributed by atoms with van der Waals surface area (Å²) < 4.78 is 122. The molecule has 542 valence electrons. The molecule has 0 radical (unpaired) electrons. The molecule has 29 nitrogen and oxygen atoms in total. The zero-order valence-electron chi connectivity index (χ0n) is 56.8. The van der Waals surface area contributed by atoms with Crippen molar-refractivity contribution < 1.29 is 138 Å². The summed E-state index contributed by atoms with van der Waals surface area (Å²) in [5.41, 5.74) is 0.426. The molecule has 3 heterocycles. The molecule has 0 aromatic heterocycles. The van der Waals surface area contributed by atoms with E-state index < -0.39 is 166 Å². The van der Waals surface area contributed by atoms with Crippen LogP contribution in [0.5, 0.6) is 23.0 Å². The molecule has 0 N–H and O–H groups in total. The Bertz CT molecular complexity index is 3800. The fraction of sp³-hybridized carbons (Fsp3) is 0.384. The quantitative estimate of drug-likeness (QED) is 0.0339. The van der Waals surface area contributed by atoms with Gasteiger partial charge < -0.3 is 94.7 Å². The number of carbonyl (C=O) groups is 9. The molecule has 0 saturated carbocycles. The molecule has 0 unspecified atom stereocenters. The zero-order valence-corrected chi connectivity index (χ0v) is 56.8. The normalized spacial score (nSPS) is 24.4. The first-order valence-electron chi connectivity index (χ1n) is 31.9. The molecule has 0 aliphatic carbocycles. The maximum absolute atomic E-state index is 14.8. The van der Waals surface area contributed by atoms with Crippen LogP contribution in [0.1, 0.15) is 85.0 Å². The van der Waals surface area contributed by atoms with Crippen molar-refractivity contribution in [3.63, 3.8) is 0 Å². The zero-order chi connectivity index (χ0) is 73.0.